The monoisotopic (exact) mass is 250 g/mol. The quantitative estimate of drug-likeness (QED) is 0.862. The summed E-state index contributed by atoms with van der Waals surface area (Å²) in [6.07, 6.45) is 8.24. The molecule has 100 valence electrons. The third-order valence-electron chi connectivity index (χ3n) is 4.31. The van der Waals surface area contributed by atoms with Crippen molar-refractivity contribution in [3.05, 3.63) is 24.2 Å². The molecule has 3 heteroatoms. The average molecular weight is 250 g/mol. The molecule has 0 saturated heterocycles. The van der Waals surface area contributed by atoms with Gasteiger partial charge >= 0.3 is 5.97 Å². The highest BCUT2D eigenvalue weighted by molar-refractivity contribution is 5.75. The molecule has 1 N–H and O–H groups in total. The first-order valence-electron chi connectivity index (χ1n) is 6.92. The Hall–Kier alpha value is -1.25. The van der Waals surface area contributed by atoms with Crippen LogP contribution in [-0.4, -0.2) is 11.1 Å². The Morgan fingerprint density at radius 3 is 2.72 bits per heavy atom. The summed E-state index contributed by atoms with van der Waals surface area (Å²) in [7, 11) is 0. The summed E-state index contributed by atoms with van der Waals surface area (Å²) in [5.74, 6) is 0.860. The van der Waals surface area contributed by atoms with E-state index in [1.807, 2.05) is 12.1 Å². The fourth-order valence-electron chi connectivity index (χ4n) is 3.14. The number of furan rings is 1. The first-order valence-corrected chi connectivity index (χ1v) is 6.92. The molecule has 1 heterocycles. The van der Waals surface area contributed by atoms with Gasteiger partial charge in [-0.2, -0.15) is 0 Å². The first kappa shape index (κ1) is 13.2. The van der Waals surface area contributed by atoms with Crippen molar-refractivity contribution in [3.8, 4) is 0 Å². The van der Waals surface area contributed by atoms with E-state index >= 15 is 0 Å². The van der Waals surface area contributed by atoms with Gasteiger partial charge in [0.1, 0.15) is 5.76 Å². The van der Waals surface area contributed by atoms with Gasteiger partial charge in [-0.15, -0.1) is 0 Å². The molecule has 18 heavy (non-hydrogen) atoms. The zero-order chi connectivity index (χ0) is 13.0. The van der Waals surface area contributed by atoms with Crippen LogP contribution in [0, 0.1) is 11.3 Å². The zero-order valence-electron chi connectivity index (χ0n) is 11.0. The number of aliphatic carboxylic acids is 1. The summed E-state index contributed by atoms with van der Waals surface area (Å²) in [4.78, 5) is 11.6. The van der Waals surface area contributed by atoms with Crippen LogP contribution in [0.3, 0.4) is 0 Å². The SMILES string of the molecule is CCCC1CCC(Cc2ccco2)(C(=O)O)CC1. The van der Waals surface area contributed by atoms with Crippen molar-refractivity contribution in [2.45, 2.75) is 51.9 Å². The van der Waals surface area contributed by atoms with E-state index in [2.05, 4.69) is 6.92 Å². The van der Waals surface area contributed by atoms with Gasteiger partial charge in [0.25, 0.3) is 0 Å². The third kappa shape index (κ3) is 2.77. The second kappa shape index (κ2) is 5.59. The Balaban J connectivity index is 2.03. The first-order chi connectivity index (χ1) is 8.66. The van der Waals surface area contributed by atoms with E-state index in [1.54, 1.807) is 6.26 Å². The van der Waals surface area contributed by atoms with Gasteiger partial charge < -0.3 is 9.52 Å². The minimum atomic E-state index is -0.658. The lowest BCUT2D eigenvalue weighted by atomic mass is 9.67. The lowest BCUT2D eigenvalue weighted by Gasteiger charge is -2.36. The lowest BCUT2D eigenvalue weighted by molar-refractivity contribution is -0.152. The van der Waals surface area contributed by atoms with Crippen molar-refractivity contribution < 1.29 is 14.3 Å². The van der Waals surface area contributed by atoms with Gasteiger partial charge in [-0.05, 0) is 43.7 Å². The summed E-state index contributed by atoms with van der Waals surface area (Å²) in [6, 6.07) is 3.70. The molecule has 0 atom stereocenters. The smallest absolute Gasteiger partial charge is 0.310 e. The molecule has 0 unspecified atom stereocenters. The summed E-state index contributed by atoms with van der Waals surface area (Å²) in [6.45, 7) is 2.20. The Morgan fingerprint density at radius 1 is 1.50 bits per heavy atom. The van der Waals surface area contributed by atoms with Crippen molar-refractivity contribution in [2.75, 3.05) is 0 Å². The standard InChI is InChI=1S/C15H22O3/c1-2-4-12-6-8-15(9-7-12,14(16)17)11-13-5-3-10-18-13/h3,5,10,12H,2,4,6-9,11H2,1H3,(H,16,17). The van der Waals surface area contributed by atoms with Gasteiger partial charge in [0.05, 0.1) is 11.7 Å². The van der Waals surface area contributed by atoms with Crippen molar-refractivity contribution in [1.82, 2.24) is 0 Å². The van der Waals surface area contributed by atoms with E-state index in [0.717, 1.165) is 37.4 Å². The Kier molecular flexibility index (Phi) is 4.10. The molecule has 1 aliphatic carbocycles. The molecule has 1 aromatic rings. The van der Waals surface area contributed by atoms with Crippen LogP contribution in [0.1, 0.15) is 51.2 Å². The second-order valence-corrected chi connectivity index (χ2v) is 5.57. The fraction of sp³-hybridized carbons (Fsp3) is 0.667. The highest BCUT2D eigenvalue weighted by Crippen LogP contribution is 2.43. The minimum absolute atomic E-state index is 0.536. The van der Waals surface area contributed by atoms with Crippen molar-refractivity contribution in [2.24, 2.45) is 11.3 Å². The van der Waals surface area contributed by atoms with Crippen LogP contribution >= 0.6 is 0 Å². The van der Waals surface area contributed by atoms with E-state index in [4.69, 9.17) is 4.42 Å². The topological polar surface area (TPSA) is 50.4 Å². The Labute approximate surface area is 108 Å². The van der Waals surface area contributed by atoms with E-state index in [0.29, 0.717) is 6.42 Å². The average Bonchev–Trinajstić information content (AvgIpc) is 2.84. The van der Waals surface area contributed by atoms with Crippen molar-refractivity contribution in [1.29, 1.82) is 0 Å². The predicted molar refractivity (Wildman–Crippen MR) is 69.3 cm³/mol. The maximum absolute atomic E-state index is 11.6. The van der Waals surface area contributed by atoms with Crippen LogP contribution in [0.4, 0.5) is 0 Å². The molecule has 1 saturated carbocycles. The number of rotatable bonds is 5. The highest BCUT2D eigenvalue weighted by Gasteiger charge is 2.42. The Morgan fingerprint density at radius 2 is 2.22 bits per heavy atom. The summed E-state index contributed by atoms with van der Waals surface area (Å²) < 4.78 is 5.32. The molecular weight excluding hydrogens is 228 g/mol. The van der Waals surface area contributed by atoms with Gasteiger partial charge in [-0.3, -0.25) is 4.79 Å². The van der Waals surface area contributed by atoms with Gasteiger partial charge in [-0.25, -0.2) is 0 Å². The van der Waals surface area contributed by atoms with Crippen molar-refractivity contribution >= 4 is 5.97 Å². The third-order valence-corrected chi connectivity index (χ3v) is 4.31. The normalized spacial score (nSPS) is 28.2. The molecule has 1 aliphatic rings. The van der Waals surface area contributed by atoms with Gasteiger partial charge in [0.2, 0.25) is 0 Å². The zero-order valence-corrected chi connectivity index (χ0v) is 11.0. The van der Waals surface area contributed by atoms with E-state index < -0.39 is 11.4 Å². The summed E-state index contributed by atoms with van der Waals surface area (Å²) in [5, 5.41) is 9.56. The predicted octanol–water partition coefficient (Wildman–Crippen LogP) is 3.88. The highest BCUT2D eigenvalue weighted by atomic mass is 16.4. The maximum Gasteiger partial charge on any atom is 0.310 e. The molecule has 0 aromatic carbocycles. The van der Waals surface area contributed by atoms with E-state index in [9.17, 15) is 9.90 Å². The number of carboxylic acids is 1. The second-order valence-electron chi connectivity index (χ2n) is 5.57. The number of carboxylic acid groups (broad SMARTS) is 1. The molecule has 0 amide bonds. The van der Waals surface area contributed by atoms with Gasteiger partial charge in [-0.1, -0.05) is 19.8 Å². The molecular formula is C15H22O3. The molecule has 0 spiro atoms. The van der Waals surface area contributed by atoms with Crippen LogP contribution in [0.15, 0.2) is 22.8 Å². The molecule has 0 bridgehead atoms. The van der Waals surface area contributed by atoms with Crippen LogP contribution in [-0.2, 0) is 11.2 Å². The molecule has 2 rings (SSSR count). The van der Waals surface area contributed by atoms with Crippen LogP contribution < -0.4 is 0 Å². The van der Waals surface area contributed by atoms with Crippen LogP contribution in [0.2, 0.25) is 0 Å². The van der Waals surface area contributed by atoms with Crippen LogP contribution in [0.5, 0.6) is 0 Å². The molecule has 3 nitrogen and oxygen atoms in total. The molecule has 1 aromatic heterocycles. The lowest BCUT2D eigenvalue weighted by Crippen LogP contribution is -2.37. The van der Waals surface area contributed by atoms with Crippen molar-refractivity contribution in [3.63, 3.8) is 0 Å². The maximum atomic E-state index is 11.6. The number of hydrogen-bond donors (Lipinski definition) is 1. The fourth-order valence-corrected chi connectivity index (χ4v) is 3.14. The number of hydrogen-bond acceptors (Lipinski definition) is 2. The van der Waals surface area contributed by atoms with Crippen LogP contribution in [0.25, 0.3) is 0 Å². The van der Waals surface area contributed by atoms with Gasteiger partial charge in [0.15, 0.2) is 0 Å². The van der Waals surface area contributed by atoms with E-state index in [-0.39, 0.29) is 0 Å². The Bertz CT molecular complexity index is 372. The molecule has 1 fully saturated rings. The molecule has 0 aliphatic heterocycles. The minimum Gasteiger partial charge on any atom is -0.481 e. The number of carbonyl (C=O) groups is 1. The largest absolute Gasteiger partial charge is 0.481 e. The summed E-state index contributed by atoms with van der Waals surface area (Å²) >= 11 is 0. The molecule has 0 radical (unpaired) electrons. The van der Waals surface area contributed by atoms with Gasteiger partial charge in [0, 0.05) is 6.42 Å². The van der Waals surface area contributed by atoms with E-state index in [1.165, 1.54) is 12.8 Å². The summed E-state index contributed by atoms with van der Waals surface area (Å²) in [5.41, 5.74) is -0.595.